The summed E-state index contributed by atoms with van der Waals surface area (Å²) in [4.78, 5) is 0. The van der Waals surface area contributed by atoms with Gasteiger partial charge in [-0.25, -0.2) is 8.42 Å². The van der Waals surface area contributed by atoms with E-state index in [4.69, 9.17) is 5.26 Å². The smallest absolute Gasteiger partial charge is 0.237 e. The third-order valence-electron chi connectivity index (χ3n) is 2.67. The Bertz CT molecular complexity index is 541. The van der Waals surface area contributed by atoms with E-state index < -0.39 is 10.0 Å². The maximum Gasteiger partial charge on any atom is 0.237 e. The second kappa shape index (κ2) is 3.80. The highest BCUT2D eigenvalue weighted by Gasteiger charge is 2.38. The first-order chi connectivity index (χ1) is 7.55. The van der Waals surface area contributed by atoms with Crippen molar-refractivity contribution in [3.8, 4) is 6.07 Å². The summed E-state index contributed by atoms with van der Waals surface area (Å²) in [7, 11) is -1.69. The molecule has 0 bridgehead atoms. The SMILES string of the molecule is CN(c1cccc(C#N)c1)S(=O)(=O)C1CC1. The number of hydrogen-bond donors (Lipinski definition) is 0. The molecule has 0 aliphatic heterocycles. The normalized spacial score (nSPS) is 15.5. The minimum Gasteiger partial charge on any atom is -0.273 e. The summed E-state index contributed by atoms with van der Waals surface area (Å²) in [5.41, 5.74) is 1.02. The van der Waals surface area contributed by atoms with Crippen LogP contribution in [0.3, 0.4) is 0 Å². The van der Waals surface area contributed by atoms with E-state index in [1.165, 1.54) is 11.4 Å². The van der Waals surface area contributed by atoms with Gasteiger partial charge in [-0.15, -0.1) is 0 Å². The van der Waals surface area contributed by atoms with Gasteiger partial charge in [0.15, 0.2) is 0 Å². The maximum atomic E-state index is 11.9. The van der Waals surface area contributed by atoms with Crippen LogP contribution in [-0.4, -0.2) is 20.7 Å². The van der Waals surface area contributed by atoms with E-state index in [0.717, 1.165) is 12.8 Å². The molecule has 0 spiro atoms. The Balaban J connectivity index is 2.34. The predicted octanol–water partition coefficient (Wildman–Crippen LogP) is 1.49. The zero-order valence-corrected chi connectivity index (χ0v) is 9.74. The van der Waals surface area contributed by atoms with Crippen molar-refractivity contribution in [2.24, 2.45) is 0 Å². The Labute approximate surface area is 95.2 Å². The third kappa shape index (κ3) is 1.89. The van der Waals surface area contributed by atoms with E-state index in [9.17, 15) is 8.42 Å². The van der Waals surface area contributed by atoms with Crippen molar-refractivity contribution >= 4 is 15.7 Å². The molecule has 4 nitrogen and oxygen atoms in total. The number of anilines is 1. The zero-order valence-electron chi connectivity index (χ0n) is 8.92. The molecule has 84 valence electrons. The molecule has 1 aromatic rings. The minimum atomic E-state index is -3.22. The molecule has 0 atom stereocenters. The van der Waals surface area contributed by atoms with Crippen LogP contribution >= 0.6 is 0 Å². The van der Waals surface area contributed by atoms with Crippen LogP contribution in [0, 0.1) is 11.3 Å². The van der Waals surface area contributed by atoms with Gasteiger partial charge in [-0.3, -0.25) is 4.31 Å². The highest BCUT2D eigenvalue weighted by atomic mass is 32.2. The molecule has 1 saturated carbocycles. The fourth-order valence-electron chi connectivity index (χ4n) is 1.51. The molecule has 16 heavy (non-hydrogen) atoms. The summed E-state index contributed by atoms with van der Waals surface area (Å²) in [6.45, 7) is 0. The molecule has 1 aliphatic rings. The maximum absolute atomic E-state index is 11.9. The second-order valence-electron chi connectivity index (χ2n) is 3.87. The predicted molar refractivity (Wildman–Crippen MR) is 61.5 cm³/mol. The highest BCUT2D eigenvalue weighted by molar-refractivity contribution is 7.93. The summed E-state index contributed by atoms with van der Waals surface area (Å²) >= 11 is 0. The first kappa shape index (κ1) is 11.0. The Morgan fingerprint density at radius 2 is 2.12 bits per heavy atom. The minimum absolute atomic E-state index is 0.233. The summed E-state index contributed by atoms with van der Waals surface area (Å²) < 4.78 is 25.1. The molecule has 0 aromatic heterocycles. The number of hydrogen-bond acceptors (Lipinski definition) is 3. The van der Waals surface area contributed by atoms with Gasteiger partial charge in [-0.05, 0) is 31.0 Å². The van der Waals surface area contributed by atoms with Gasteiger partial charge in [0.25, 0.3) is 0 Å². The molecule has 0 heterocycles. The number of rotatable bonds is 3. The molecule has 2 rings (SSSR count). The zero-order chi connectivity index (χ0) is 11.8. The average molecular weight is 236 g/mol. The molecule has 0 amide bonds. The molecule has 0 unspecified atom stereocenters. The van der Waals surface area contributed by atoms with Crippen LogP contribution in [0.5, 0.6) is 0 Å². The van der Waals surface area contributed by atoms with Crippen LogP contribution in [0.15, 0.2) is 24.3 Å². The third-order valence-corrected chi connectivity index (χ3v) is 4.95. The summed E-state index contributed by atoms with van der Waals surface area (Å²) in [5.74, 6) is 0. The highest BCUT2D eigenvalue weighted by Crippen LogP contribution is 2.32. The molecular weight excluding hydrogens is 224 g/mol. The van der Waals surface area contributed by atoms with E-state index in [1.807, 2.05) is 6.07 Å². The lowest BCUT2D eigenvalue weighted by atomic mass is 10.2. The van der Waals surface area contributed by atoms with Crippen molar-refractivity contribution in [3.05, 3.63) is 29.8 Å². The van der Waals surface area contributed by atoms with E-state index in [-0.39, 0.29) is 5.25 Å². The van der Waals surface area contributed by atoms with Gasteiger partial charge in [0, 0.05) is 7.05 Å². The number of nitrogens with zero attached hydrogens (tertiary/aromatic N) is 2. The second-order valence-corrected chi connectivity index (χ2v) is 6.12. The van der Waals surface area contributed by atoms with Crippen LogP contribution in [0.1, 0.15) is 18.4 Å². The van der Waals surface area contributed by atoms with Gasteiger partial charge in [0.1, 0.15) is 0 Å². The van der Waals surface area contributed by atoms with Crippen molar-refractivity contribution in [2.45, 2.75) is 18.1 Å². The largest absolute Gasteiger partial charge is 0.273 e. The van der Waals surface area contributed by atoms with Gasteiger partial charge in [0.2, 0.25) is 10.0 Å². The van der Waals surface area contributed by atoms with E-state index in [2.05, 4.69) is 0 Å². The van der Waals surface area contributed by atoms with Gasteiger partial charge in [-0.2, -0.15) is 5.26 Å². The van der Waals surface area contributed by atoms with Crippen LogP contribution < -0.4 is 4.31 Å². The molecule has 0 saturated heterocycles. The number of sulfonamides is 1. The van der Waals surface area contributed by atoms with E-state index >= 15 is 0 Å². The van der Waals surface area contributed by atoms with Crippen LogP contribution in [0.25, 0.3) is 0 Å². The monoisotopic (exact) mass is 236 g/mol. The van der Waals surface area contributed by atoms with Crippen LogP contribution in [0.4, 0.5) is 5.69 Å². The van der Waals surface area contributed by atoms with Crippen LogP contribution in [-0.2, 0) is 10.0 Å². The van der Waals surface area contributed by atoms with Crippen molar-refractivity contribution in [3.63, 3.8) is 0 Å². The Morgan fingerprint density at radius 3 is 2.69 bits per heavy atom. The lowest BCUT2D eigenvalue weighted by Crippen LogP contribution is -2.29. The first-order valence-electron chi connectivity index (χ1n) is 5.03. The Hall–Kier alpha value is -1.54. The van der Waals surface area contributed by atoms with Crippen molar-refractivity contribution in [1.82, 2.24) is 0 Å². The van der Waals surface area contributed by atoms with E-state index in [1.54, 1.807) is 24.3 Å². The molecule has 0 N–H and O–H groups in total. The molecular formula is C11H12N2O2S. The topological polar surface area (TPSA) is 61.2 Å². The number of nitriles is 1. The van der Waals surface area contributed by atoms with Crippen molar-refractivity contribution in [1.29, 1.82) is 5.26 Å². The van der Waals surface area contributed by atoms with Crippen molar-refractivity contribution in [2.75, 3.05) is 11.4 Å². The standard InChI is InChI=1S/C11H12N2O2S/c1-13(16(14,15)11-5-6-11)10-4-2-3-9(7-10)8-12/h2-4,7,11H,5-6H2,1H3. The molecule has 1 fully saturated rings. The Kier molecular flexibility index (Phi) is 2.60. The van der Waals surface area contributed by atoms with Crippen LogP contribution in [0.2, 0.25) is 0 Å². The summed E-state index contributed by atoms with van der Waals surface area (Å²) in [5, 5.41) is 8.52. The molecule has 5 heteroatoms. The summed E-state index contributed by atoms with van der Waals surface area (Å²) in [6.07, 6.45) is 1.48. The molecule has 1 aromatic carbocycles. The number of benzene rings is 1. The van der Waals surface area contributed by atoms with Crippen molar-refractivity contribution < 1.29 is 8.42 Å². The quantitative estimate of drug-likeness (QED) is 0.798. The fourth-order valence-corrected chi connectivity index (χ4v) is 3.09. The lowest BCUT2D eigenvalue weighted by molar-refractivity contribution is 0.593. The van der Waals surface area contributed by atoms with E-state index in [0.29, 0.717) is 11.3 Å². The Morgan fingerprint density at radius 1 is 1.44 bits per heavy atom. The fraction of sp³-hybridized carbons (Fsp3) is 0.364. The van der Waals surface area contributed by atoms with Gasteiger partial charge >= 0.3 is 0 Å². The lowest BCUT2D eigenvalue weighted by Gasteiger charge is -2.19. The van der Waals surface area contributed by atoms with Gasteiger partial charge in [-0.1, -0.05) is 6.07 Å². The molecule has 0 radical (unpaired) electrons. The molecule has 1 aliphatic carbocycles. The summed E-state index contributed by atoms with van der Waals surface area (Å²) in [6, 6.07) is 8.62. The van der Waals surface area contributed by atoms with Gasteiger partial charge in [0.05, 0.1) is 22.6 Å². The first-order valence-corrected chi connectivity index (χ1v) is 6.54. The average Bonchev–Trinajstić information content (AvgIpc) is 3.12. The van der Waals surface area contributed by atoms with Gasteiger partial charge < -0.3 is 0 Å².